The van der Waals surface area contributed by atoms with Crippen molar-refractivity contribution in [2.24, 2.45) is 0 Å². The topological polar surface area (TPSA) is 80.9 Å². The maximum absolute atomic E-state index is 11.2. The van der Waals surface area contributed by atoms with Gasteiger partial charge in [-0.05, 0) is 18.2 Å². The summed E-state index contributed by atoms with van der Waals surface area (Å²) in [7, 11) is 0. The average Bonchev–Trinajstić information content (AvgIpc) is 3.33. The van der Waals surface area contributed by atoms with Crippen LogP contribution in [-0.4, -0.2) is 30.8 Å². The van der Waals surface area contributed by atoms with Gasteiger partial charge in [-0.15, -0.1) is 11.3 Å². The Hall–Kier alpha value is -3.58. The first-order valence-electron chi connectivity index (χ1n) is 8.23. The molecule has 0 saturated carbocycles. The molecular formula is C20H12N4O2S. The summed E-state index contributed by atoms with van der Waals surface area (Å²) in [5, 5.41) is 17.9. The molecule has 0 atom stereocenters. The number of rotatable bonds is 3. The molecule has 27 heavy (non-hydrogen) atoms. The van der Waals surface area contributed by atoms with Gasteiger partial charge >= 0.3 is 5.97 Å². The lowest BCUT2D eigenvalue weighted by atomic mass is 10.1. The Bertz CT molecular complexity index is 1320. The fourth-order valence-electron chi connectivity index (χ4n) is 3.09. The Kier molecular flexibility index (Phi) is 3.48. The highest BCUT2D eigenvalue weighted by atomic mass is 32.1. The summed E-state index contributed by atoms with van der Waals surface area (Å²) in [6, 6.07) is 17.8. The monoisotopic (exact) mass is 372 g/mol. The van der Waals surface area contributed by atoms with E-state index in [2.05, 4.69) is 16.0 Å². The van der Waals surface area contributed by atoms with Crippen LogP contribution in [-0.2, 0) is 0 Å². The summed E-state index contributed by atoms with van der Waals surface area (Å²) < 4.78 is 1.69. The highest BCUT2D eigenvalue weighted by molar-refractivity contribution is 7.12. The van der Waals surface area contributed by atoms with Crippen LogP contribution < -0.4 is 0 Å². The number of hydrogen-bond donors (Lipinski definition) is 1. The molecule has 0 unspecified atom stereocenters. The highest BCUT2D eigenvalue weighted by Crippen LogP contribution is 2.31. The number of thiazole rings is 1. The number of fused-ring (bicyclic) bond motifs is 2. The Morgan fingerprint density at radius 3 is 2.74 bits per heavy atom. The molecule has 0 amide bonds. The van der Waals surface area contributed by atoms with Gasteiger partial charge in [0.15, 0.2) is 5.69 Å². The van der Waals surface area contributed by atoms with E-state index in [0.29, 0.717) is 5.13 Å². The van der Waals surface area contributed by atoms with E-state index in [4.69, 9.17) is 10.2 Å². The summed E-state index contributed by atoms with van der Waals surface area (Å²) in [6.45, 7) is 0. The van der Waals surface area contributed by atoms with Crippen molar-refractivity contribution in [3.8, 4) is 16.4 Å². The summed E-state index contributed by atoms with van der Waals surface area (Å²) in [6.07, 6.45) is 1.81. The van der Waals surface area contributed by atoms with E-state index >= 15 is 0 Å². The molecule has 0 radical (unpaired) electrons. The lowest BCUT2D eigenvalue weighted by Crippen LogP contribution is -2.00. The molecule has 5 rings (SSSR count). The third-order valence-corrected chi connectivity index (χ3v) is 5.16. The normalized spacial score (nSPS) is 11.3. The van der Waals surface area contributed by atoms with Crippen LogP contribution in [0.2, 0.25) is 0 Å². The van der Waals surface area contributed by atoms with Crippen molar-refractivity contribution in [2.75, 3.05) is 0 Å². The van der Waals surface area contributed by atoms with Gasteiger partial charge in [0, 0.05) is 27.9 Å². The van der Waals surface area contributed by atoms with E-state index in [1.807, 2.05) is 54.7 Å². The first-order valence-corrected chi connectivity index (χ1v) is 9.11. The molecule has 0 fully saturated rings. The molecule has 0 bridgehead atoms. The third-order valence-electron chi connectivity index (χ3n) is 4.34. The fourth-order valence-corrected chi connectivity index (χ4v) is 3.85. The maximum Gasteiger partial charge on any atom is 0.355 e. The molecule has 3 aromatic heterocycles. The van der Waals surface area contributed by atoms with Gasteiger partial charge in [0.05, 0.1) is 11.0 Å². The maximum atomic E-state index is 11.2. The van der Waals surface area contributed by atoms with Crippen LogP contribution in [0, 0.1) is 0 Å². The summed E-state index contributed by atoms with van der Waals surface area (Å²) in [5.74, 6) is -1.05. The second kappa shape index (κ2) is 6.00. The summed E-state index contributed by atoms with van der Waals surface area (Å²) >= 11 is 1.25. The molecule has 0 aliphatic rings. The molecule has 7 heteroatoms. The Morgan fingerprint density at radius 2 is 1.89 bits per heavy atom. The standard InChI is InChI=1S/C20H12N4O2S/c25-19(26)16-11-27-20(22-16)24-17-8-4-2-6-14(17)18(23-24)13-9-12-5-1-3-7-15(12)21-10-13/h1-11H,(H,25,26). The van der Waals surface area contributed by atoms with Gasteiger partial charge in [0.25, 0.3) is 0 Å². The number of pyridine rings is 1. The van der Waals surface area contributed by atoms with Crippen LogP contribution in [0.4, 0.5) is 0 Å². The zero-order valence-corrected chi connectivity index (χ0v) is 14.7. The number of carbonyl (C=O) groups is 1. The molecule has 0 aliphatic heterocycles. The van der Waals surface area contributed by atoms with E-state index < -0.39 is 5.97 Å². The Balaban J connectivity index is 1.73. The lowest BCUT2D eigenvalue weighted by Gasteiger charge is -2.01. The number of nitrogens with zero attached hydrogens (tertiary/aromatic N) is 4. The van der Waals surface area contributed by atoms with Crippen molar-refractivity contribution in [2.45, 2.75) is 0 Å². The first-order chi connectivity index (χ1) is 13.2. The van der Waals surface area contributed by atoms with Gasteiger partial charge in [-0.2, -0.15) is 5.10 Å². The minimum absolute atomic E-state index is 0.0171. The molecule has 5 aromatic rings. The largest absolute Gasteiger partial charge is 0.476 e. The average molecular weight is 372 g/mol. The van der Waals surface area contributed by atoms with Gasteiger partial charge in [-0.3, -0.25) is 4.98 Å². The van der Waals surface area contributed by atoms with Crippen molar-refractivity contribution >= 4 is 39.1 Å². The smallest absolute Gasteiger partial charge is 0.355 e. The zero-order valence-electron chi connectivity index (χ0n) is 13.9. The van der Waals surface area contributed by atoms with E-state index in [1.165, 1.54) is 16.7 Å². The summed E-state index contributed by atoms with van der Waals surface area (Å²) in [4.78, 5) is 19.9. The van der Waals surface area contributed by atoms with E-state index in [1.54, 1.807) is 4.68 Å². The second-order valence-electron chi connectivity index (χ2n) is 6.01. The van der Waals surface area contributed by atoms with Crippen molar-refractivity contribution < 1.29 is 9.90 Å². The van der Waals surface area contributed by atoms with Gasteiger partial charge in [0.1, 0.15) is 5.69 Å². The number of aromatic carboxylic acids is 1. The molecule has 1 N–H and O–H groups in total. The number of aromatic nitrogens is 4. The highest BCUT2D eigenvalue weighted by Gasteiger charge is 2.17. The zero-order chi connectivity index (χ0) is 18.4. The predicted octanol–water partition coefficient (Wildman–Crippen LogP) is 4.40. The van der Waals surface area contributed by atoms with Crippen molar-refractivity contribution in [1.29, 1.82) is 0 Å². The van der Waals surface area contributed by atoms with Crippen LogP contribution >= 0.6 is 11.3 Å². The molecule has 0 aliphatic carbocycles. The lowest BCUT2D eigenvalue weighted by molar-refractivity contribution is 0.0691. The Labute approximate surface area is 157 Å². The van der Waals surface area contributed by atoms with E-state index in [0.717, 1.165) is 33.1 Å². The number of carboxylic acids is 1. The van der Waals surface area contributed by atoms with Crippen molar-refractivity contribution in [3.05, 3.63) is 71.9 Å². The van der Waals surface area contributed by atoms with Crippen LogP contribution in [0.3, 0.4) is 0 Å². The Morgan fingerprint density at radius 1 is 1.07 bits per heavy atom. The van der Waals surface area contributed by atoms with Gasteiger partial charge in [-0.25, -0.2) is 14.5 Å². The van der Waals surface area contributed by atoms with Crippen LogP contribution in [0.15, 0.2) is 66.2 Å². The van der Waals surface area contributed by atoms with Crippen molar-refractivity contribution in [1.82, 2.24) is 19.7 Å². The third kappa shape index (κ3) is 2.56. The van der Waals surface area contributed by atoms with Crippen LogP contribution in [0.1, 0.15) is 10.5 Å². The molecular weight excluding hydrogens is 360 g/mol. The number of para-hydroxylation sites is 2. The molecule has 0 spiro atoms. The van der Waals surface area contributed by atoms with Gasteiger partial charge in [-0.1, -0.05) is 36.4 Å². The van der Waals surface area contributed by atoms with Gasteiger partial charge < -0.3 is 5.11 Å². The molecule has 2 aromatic carbocycles. The second-order valence-corrected chi connectivity index (χ2v) is 6.85. The molecule has 130 valence electrons. The first kappa shape index (κ1) is 15.7. The number of carboxylic acid groups (broad SMARTS) is 1. The van der Waals surface area contributed by atoms with E-state index in [-0.39, 0.29) is 5.69 Å². The van der Waals surface area contributed by atoms with Crippen LogP contribution in [0.5, 0.6) is 0 Å². The quantitative estimate of drug-likeness (QED) is 0.508. The summed E-state index contributed by atoms with van der Waals surface area (Å²) in [5.41, 5.74) is 3.50. The van der Waals surface area contributed by atoms with Crippen LogP contribution in [0.25, 0.3) is 38.2 Å². The number of hydrogen-bond acceptors (Lipinski definition) is 5. The molecule has 0 saturated heterocycles. The van der Waals surface area contributed by atoms with Gasteiger partial charge in [0.2, 0.25) is 5.13 Å². The molecule has 6 nitrogen and oxygen atoms in total. The van der Waals surface area contributed by atoms with Crippen molar-refractivity contribution in [3.63, 3.8) is 0 Å². The SMILES string of the molecule is O=C(O)c1csc(-n2nc(-c3cnc4ccccc4c3)c3ccccc32)n1. The molecule has 3 heterocycles. The minimum atomic E-state index is -1.05. The predicted molar refractivity (Wildman–Crippen MR) is 104 cm³/mol. The fraction of sp³-hybridized carbons (Fsp3) is 0. The van der Waals surface area contributed by atoms with E-state index in [9.17, 15) is 4.79 Å². The minimum Gasteiger partial charge on any atom is -0.476 e. The number of benzene rings is 2.